The summed E-state index contributed by atoms with van der Waals surface area (Å²) in [6, 6.07) is 6.48. The minimum atomic E-state index is -0.503. The van der Waals surface area contributed by atoms with E-state index in [9.17, 15) is 4.79 Å². The second-order valence-electron chi connectivity index (χ2n) is 3.70. The molecular formula is C13H13N3O3. The number of anilines is 1. The summed E-state index contributed by atoms with van der Waals surface area (Å²) >= 11 is 0. The molecule has 0 radical (unpaired) electrons. The van der Waals surface area contributed by atoms with Crippen molar-refractivity contribution in [2.45, 2.75) is 6.61 Å². The quantitative estimate of drug-likeness (QED) is 0.660. The molecule has 0 aliphatic heterocycles. The van der Waals surface area contributed by atoms with Gasteiger partial charge in [-0.1, -0.05) is 0 Å². The number of aromatic nitrogens is 2. The molecule has 0 aliphatic carbocycles. The van der Waals surface area contributed by atoms with Crippen LogP contribution in [-0.2, 0) is 11.3 Å². The molecule has 6 heteroatoms. The number of methoxy groups -OCH3 is 1. The van der Waals surface area contributed by atoms with Crippen LogP contribution in [0.3, 0.4) is 0 Å². The van der Waals surface area contributed by atoms with E-state index >= 15 is 0 Å². The van der Waals surface area contributed by atoms with Crippen LogP contribution in [0.25, 0.3) is 0 Å². The minimum Gasteiger partial charge on any atom is -0.485 e. The number of hydrogen-bond acceptors (Lipinski definition) is 6. The van der Waals surface area contributed by atoms with Crippen LogP contribution in [0.2, 0.25) is 0 Å². The van der Waals surface area contributed by atoms with Crippen molar-refractivity contribution in [3.05, 3.63) is 48.0 Å². The van der Waals surface area contributed by atoms with E-state index in [1.54, 1.807) is 30.6 Å². The van der Waals surface area contributed by atoms with Crippen LogP contribution in [0.4, 0.5) is 5.69 Å². The Hall–Kier alpha value is -2.63. The lowest BCUT2D eigenvalue weighted by atomic mass is 10.2. The molecule has 0 fully saturated rings. The zero-order chi connectivity index (χ0) is 13.7. The van der Waals surface area contributed by atoms with Gasteiger partial charge in [0.05, 0.1) is 7.11 Å². The van der Waals surface area contributed by atoms with Crippen LogP contribution in [-0.4, -0.2) is 23.0 Å². The summed E-state index contributed by atoms with van der Waals surface area (Å²) in [6.07, 6.45) is 3.24. The maximum Gasteiger partial charge on any atom is 0.341 e. The van der Waals surface area contributed by atoms with Crippen LogP contribution in [0.1, 0.15) is 16.2 Å². The van der Waals surface area contributed by atoms with Crippen LogP contribution < -0.4 is 10.5 Å². The maximum atomic E-state index is 11.6. The third kappa shape index (κ3) is 3.19. The highest BCUT2D eigenvalue weighted by molar-refractivity contribution is 5.93. The summed E-state index contributed by atoms with van der Waals surface area (Å²) in [4.78, 5) is 19.7. The SMILES string of the molecule is COC(=O)c1cc(N)ccc1OCc1ncccn1. The van der Waals surface area contributed by atoms with Crippen molar-refractivity contribution < 1.29 is 14.3 Å². The molecule has 2 aromatic rings. The van der Waals surface area contributed by atoms with Crippen molar-refractivity contribution in [3.63, 3.8) is 0 Å². The molecule has 1 aromatic heterocycles. The Labute approximate surface area is 110 Å². The summed E-state index contributed by atoms with van der Waals surface area (Å²) in [5, 5.41) is 0. The molecule has 2 N–H and O–H groups in total. The molecule has 0 amide bonds. The summed E-state index contributed by atoms with van der Waals surface area (Å²) in [7, 11) is 1.30. The zero-order valence-corrected chi connectivity index (χ0v) is 10.4. The molecule has 0 saturated carbocycles. The second-order valence-corrected chi connectivity index (χ2v) is 3.70. The average Bonchev–Trinajstić information content (AvgIpc) is 2.46. The molecule has 0 unspecified atom stereocenters. The fraction of sp³-hybridized carbons (Fsp3) is 0.154. The van der Waals surface area contributed by atoms with Crippen molar-refractivity contribution in [2.75, 3.05) is 12.8 Å². The molecule has 0 spiro atoms. The summed E-state index contributed by atoms with van der Waals surface area (Å²) < 4.78 is 10.2. The largest absolute Gasteiger partial charge is 0.485 e. The van der Waals surface area contributed by atoms with Gasteiger partial charge < -0.3 is 15.2 Å². The fourth-order valence-electron chi connectivity index (χ4n) is 1.49. The topological polar surface area (TPSA) is 87.3 Å². The van der Waals surface area contributed by atoms with Gasteiger partial charge in [0.25, 0.3) is 0 Å². The lowest BCUT2D eigenvalue weighted by molar-refractivity contribution is 0.0595. The third-order valence-electron chi connectivity index (χ3n) is 2.38. The van der Waals surface area contributed by atoms with E-state index in [1.165, 1.54) is 13.2 Å². The van der Waals surface area contributed by atoms with E-state index in [0.29, 0.717) is 17.3 Å². The number of hydrogen-bond donors (Lipinski definition) is 1. The van der Waals surface area contributed by atoms with E-state index in [1.807, 2.05) is 0 Å². The van der Waals surface area contributed by atoms with Crippen molar-refractivity contribution in [2.24, 2.45) is 0 Å². The lowest BCUT2D eigenvalue weighted by Gasteiger charge is -2.10. The Morgan fingerprint density at radius 1 is 1.32 bits per heavy atom. The number of carbonyl (C=O) groups is 1. The molecule has 1 aromatic carbocycles. The van der Waals surface area contributed by atoms with Gasteiger partial charge in [0, 0.05) is 18.1 Å². The predicted molar refractivity (Wildman–Crippen MR) is 68.6 cm³/mol. The number of ether oxygens (including phenoxy) is 2. The van der Waals surface area contributed by atoms with E-state index in [4.69, 9.17) is 10.5 Å². The number of rotatable bonds is 4. The molecule has 0 aliphatic rings. The zero-order valence-electron chi connectivity index (χ0n) is 10.4. The van der Waals surface area contributed by atoms with E-state index < -0.39 is 5.97 Å². The summed E-state index contributed by atoms with van der Waals surface area (Å²) in [5.41, 5.74) is 6.38. The fourth-order valence-corrected chi connectivity index (χ4v) is 1.49. The Morgan fingerprint density at radius 2 is 2.05 bits per heavy atom. The monoisotopic (exact) mass is 259 g/mol. The first-order valence-corrected chi connectivity index (χ1v) is 5.57. The average molecular weight is 259 g/mol. The Morgan fingerprint density at radius 3 is 2.74 bits per heavy atom. The Balaban J connectivity index is 2.18. The van der Waals surface area contributed by atoms with Crippen LogP contribution in [0.15, 0.2) is 36.7 Å². The number of nitrogen functional groups attached to an aromatic ring is 1. The standard InChI is InChI=1S/C13H13N3O3/c1-18-13(17)10-7-9(14)3-4-11(10)19-8-12-15-5-2-6-16-12/h2-7H,8,14H2,1H3. The van der Waals surface area contributed by atoms with E-state index in [2.05, 4.69) is 14.7 Å². The van der Waals surface area contributed by atoms with Crippen LogP contribution >= 0.6 is 0 Å². The first-order valence-electron chi connectivity index (χ1n) is 5.57. The van der Waals surface area contributed by atoms with Gasteiger partial charge in [-0.15, -0.1) is 0 Å². The van der Waals surface area contributed by atoms with Gasteiger partial charge in [-0.25, -0.2) is 14.8 Å². The maximum absolute atomic E-state index is 11.6. The highest BCUT2D eigenvalue weighted by atomic mass is 16.5. The van der Waals surface area contributed by atoms with Gasteiger partial charge >= 0.3 is 5.97 Å². The second kappa shape index (κ2) is 5.81. The van der Waals surface area contributed by atoms with Crippen molar-refractivity contribution in [3.8, 4) is 5.75 Å². The van der Waals surface area contributed by atoms with E-state index in [-0.39, 0.29) is 12.2 Å². The highest BCUT2D eigenvalue weighted by Crippen LogP contribution is 2.22. The number of benzene rings is 1. The highest BCUT2D eigenvalue weighted by Gasteiger charge is 2.13. The number of nitrogens with two attached hydrogens (primary N) is 1. The third-order valence-corrected chi connectivity index (χ3v) is 2.38. The first-order chi connectivity index (χ1) is 9.20. The molecule has 0 bridgehead atoms. The Bertz CT molecular complexity index is 573. The van der Waals surface area contributed by atoms with Gasteiger partial charge in [-0.3, -0.25) is 0 Å². The normalized spacial score (nSPS) is 9.95. The number of carbonyl (C=O) groups excluding carboxylic acids is 1. The smallest absolute Gasteiger partial charge is 0.341 e. The first kappa shape index (κ1) is 12.8. The molecule has 0 saturated heterocycles. The summed E-state index contributed by atoms with van der Waals surface area (Å²) in [5.74, 6) is 0.403. The Kier molecular flexibility index (Phi) is 3.92. The van der Waals surface area contributed by atoms with E-state index in [0.717, 1.165) is 0 Å². The molecule has 1 heterocycles. The van der Waals surface area contributed by atoms with Gasteiger partial charge in [-0.05, 0) is 24.3 Å². The van der Waals surface area contributed by atoms with Crippen LogP contribution in [0, 0.1) is 0 Å². The molecular weight excluding hydrogens is 246 g/mol. The lowest BCUT2D eigenvalue weighted by Crippen LogP contribution is -2.08. The van der Waals surface area contributed by atoms with Crippen molar-refractivity contribution in [1.82, 2.24) is 9.97 Å². The number of esters is 1. The summed E-state index contributed by atoms with van der Waals surface area (Å²) in [6.45, 7) is 0.161. The van der Waals surface area contributed by atoms with Gasteiger partial charge in [0.1, 0.15) is 17.9 Å². The van der Waals surface area contributed by atoms with Gasteiger partial charge in [0.2, 0.25) is 0 Å². The predicted octanol–water partition coefficient (Wildman–Crippen LogP) is 1.42. The molecule has 2 rings (SSSR count). The van der Waals surface area contributed by atoms with Gasteiger partial charge in [-0.2, -0.15) is 0 Å². The molecule has 0 atom stereocenters. The van der Waals surface area contributed by atoms with Crippen molar-refractivity contribution >= 4 is 11.7 Å². The van der Waals surface area contributed by atoms with Crippen molar-refractivity contribution in [1.29, 1.82) is 0 Å². The minimum absolute atomic E-state index is 0.161. The van der Waals surface area contributed by atoms with Gasteiger partial charge in [0.15, 0.2) is 5.82 Å². The number of nitrogens with zero attached hydrogens (tertiary/aromatic N) is 2. The molecule has 98 valence electrons. The molecule has 19 heavy (non-hydrogen) atoms. The van der Waals surface area contributed by atoms with Crippen LogP contribution in [0.5, 0.6) is 5.75 Å². The molecule has 6 nitrogen and oxygen atoms in total.